The minimum atomic E-state index is -2.34. The highest BCUT2D eigenvalue weighted by Crippen LogP contribution is 2.26. The van der Waals surface area contributed by atoms with Crippen LogP contribution >= 0.6 is 0 Å². The molecule has 0 aromatic heterocycles. The number of rotatable bonds is 4. The molecule has 0 aliphatic carbocycles. The molecule has 16 heavy (non-hydrogen) atoms. The van der Waals surface area contributed by atoms with E-state index in [4.69, 9.17) is 9.84 Å². The maximum absolute atomic E-state index is 10.7. The van der Waals surface area contributed by atoms with Crippen LogP contribution < -0.4 is 10.2 Å². The summed E-state index contributed by atoms with van der Waals surface area (Å²) in [4.78, 5) is 10.5. The number of carbonyl (C=O) groups excluding carboxylic acids is 1. The first kappa shape index (κ1) is 13.3. The molecule has 0 aromatic rings. The first-order valence-corrected chi connectivity index (χ1v) is 4.91. The molecule has 0 bridgehead atoms. The molecular formula is C9H14O7-2. The van der Waals surface area contributed by atoms with Crippen molar-refractivity contribution in [1.29, 1.82) is 0 Å². The second-order valence-corrected chi connectivity index (χ2v) is 3.91. The van der Waals surface area contributed by atoms with Crippen LogP contribution in [-0.2, 0) is 9.53 Å². The van der Waals surface area contributed by atoms with E-state index < -0.39 is 49.0 Å². The number of carboxylic acid groups (broad SMARTS) is 1. The van der Waals surface area contributed by atoms with Gasteiger partial charge in [-0.15, -0.1) is 0 Å². The Bertz CT molecular complexity index is 254. The zero-order chi connectivity index (χ0) is 12.5. The molecule has 0 saturated carbocycles. The summed E-state index contributed by atoms with van der Waals surface area (Å²) in [5.41, 5.74) is 0. The molecule has 7 heteroatoms. The van der Waals surface area contributed by atoms with Gasteiger partial charge in [0.05, 0.1) is 12.2 Å². The normalized spacial score (nSPS) is 38.3. The molecule has 3 unspecified atom stereocenters. The minimum absolute atomic E-state index is 0.393. The molecule has 3 N–H and O–H groups in total. The van der Waals surface area contributed by atoms with Crippen LogP contribution in [0, 0.1) is 5.92 Å². The van der Waals surface area contributed by atoms with Crippen molar-refractivity contribution < 1.29 is 35.1 Å². The molecule has 94 valence electrons. The van der Waals surface area contributed by atoms with Crippen LogP contribution in [0.5, 0.6) is 0 Å². The van der Waals surface area contributed by atoms with Crippen LogP contribution in [0.15, 0.2) is 0 Å². The Morgan fingerprint density at radius 2 is 2.00 bits per heavy atom. The number of ether oxygens (including phenoxy) is 1. The average Bonchev–Trinajstić information content (AvgIpc) is 2.41. The zero-order valence-electron chi connectivity index (χ0n) is 8.65. The molecule has 1 fully saturated rings. The van der Waals surface area contributed by atoms with Crippen LogP contribution in [0.1, 0.15) is 13.3 Å². The molecule has 1 rings (SSSR count). The molecule has 7 nitrogen and oxygen atoms in total. The standard InChI is InChI=1S/C9H15O7/c1-3-6(10)7(11)5(16-3)2-4(8(12)13)9(14)15/h3-8,10-12H,2H2,1H3,(H,14,15)/q-1/p-1/t3-,4?,5+,6+,7?,8?/m0/s1. The van der Waals surface area contributed by atoms with E-state index in [0.29, 0.717) is 0 Å². The quantitative estimate of drug-likeness (QED) is 0.421. The number of aliphatic hydroxyl groups is 3. The zero-order valence-corrected chi connectivity index (χ0v) is 8.65. The number of hydrogen-bond donors (Lipinski definition) is 3. The largest absolute Gasteiger partial charge is 0.831 e. The van der Waals surface area contributed by atoms with E-state index in [1.54, 1.807) is 0 Å². The number of carbonyl (C=O) groups is 1. The topological polar surface area (TPSA) is 133 Å². The van der Waals surface area contributed by atoms with Gasteiger partial charge >= 0.3 is 0 Å². The summed E-state index contributed by atoms with van der Waals surface area (Å²) < 4.78 is 5.08. The van der Waals surface area contributed by atoms with E-state index in [-0.39, 0.29) is 0 Å². The summed E-state index contributed by atoms with van der Waals surface area (Å²) in [6.45, 7) is 1.51. The Labute approximate surface area is 91.9 Å². The van der Waals surface area contributed by atoms with Gasteiger partial charge < -0.3 is 35.1 Å². The van der Waals surface area contributed by atoms with Crippen molar-refractivity contribution in [2.24, 2.45) is 5.92 Å². The molecule has 1 saturated heterocycles. The highest BCUT2D eigenvalue weighted by atomic mass is 16.5. The summed E-state index contributed by atoms with van der Waals surface area (Å²) in [5, 5.41) is 48.7. The van der Waals surface area contributed by atoms with Crippen molar-refractivity contribution in [2.45, 2.75) is 44.1 Å². The van der Waals surface area contributed by atoms with Gasteiger partial charge in [-0.3, -0.25) is 0 Å². The predicted molar refractivity (Wildman–Crippen MR) is 45.5 cm³/mol. The van der Waals surface area contributed by atoms with Crippen LogP contribution in [0.2, 0.25) is 0 Å². The molecule has 6 atom stereocenters. The third-order valence-electron chi connectivity index (χ3n) is 2.73. The maximum atomic E-state index is 10.7. The van der Waals surface area contributed by atoms with Gasteiger partial charge in [0, 0.05) is 11.9 Å². The lowest BCUT2D eigenvalue weighted by Crippen LogP contribution is -2.47. The molecule has 0 spiro atoms. The minimum Gasteiger partial charge on any atom is -0.831 e. The fourth-order valence-corrected chi connectivity index (χ4v) is 1.71. The lowest BCUT2D eigenvalue weighted by Gasteiger charge is -2.30. The third-order valence-corrected chi connectivity index (χ3v) is 2.73. The van der Waals surface area contributed by atoms with Crippen LogP contribution in [-0.4, -0.2) is 52.0 Å². The van der Waals surface area contributed by atoms with Crippen LogP contribution in [0.3, 0.4) is 0 Å². The van der Waals surface area contributed by atoms with E-state index in [0.717, 1.165) is 0 Å². The Morgan fingerprint density at radius 1 is 1.44 bits per heavy atom. The number of carboxylic acids is 1. The molecule has 0 aromatic carbocycles. The summed E-state index contributed by atoms with van der Waals surface area (Å²) >= 11 is 0. The van der Waals surface area contributed by atoms with Gasteiger partial charge in [0.2, 0.25) is 0 Å². The van der Waals surface area contributed by atoms with E-state index in [9.17, 15) is 25.2 Å². The second kappa shape index (κ2) is 5.07. The summed E-state index contributed by atoms with van der Waals surface area (Å²) in [5.74, 6) is -3.37. The smallest absolute Gasteiger partial charge is 0.109 e. The Balaban J connectivity index is 2.63. The fraction of sp³-hybridized carbons (Fsp3) is 0.889. The van der Waals surface area contributed by atoms with Crippen molar-refractivity contribution in [2.75, 3.05) is 0 Å². The Morgan fingerprint density at radius 3 is 2.31 bits per heavy atom. The molecule has 0 amide bonds. The monoisotopic (exact) mass is 234 g/mol. The van der Waals surface area contributed by atoms with E-state index >= 15 is 0 Å². The van der Waals surface area contributed by atoms with Gasteiger partial charge in [-0.2, -0.15) is 0 Å². The van der Waals surface area contributed by atoms with Gasteiger partial charge in [-0.25, -0.2) is 0 Å². The second-order valence-electron chi connectivity index (χ2n) is 3.91. The van der Waals surface area contributed by atoms with Crippen LogP contribution in [0.25, 0.3) is 0 Å². The first-order chi connectivity index (χ1) is 7.34. The molecule has 1 heterocycles. The summed E-state index contributed by atoms with van der Waals surface area (Å²) in [7, 11) is 0. The SMILES string of the molecule is C[C@@H]1O[C@H](CC(C(=O)[O-])C([O-])O)C(O)[C@@H]1O. The highest BCUT2D eigenvalue weighted by molar-refractivity contribution is 5.68. The predicted octanol–water partition coefficient (Wildman–Crippen LogP) is -4.07. The lowest BCUT2D eigenvalue weighted by atomic mass is 9.97. The van der Waals surface area contributed by atoms with Gasteiger partial charge in [-0.1, -0.05) is 0 Å². The van der Waals surface area contributed by atoms with E-state index in [2.05, 4.69) is 0 Å². The van der Waals surface area contributed by atoms with Crippen molar-refractivity contribution >= 4 is 5.97 Å². The molecule has 0 radical (unpaired) electrons. The third kappa shape index (κ3) is 2.69. The molecule has 1 aliphatic heterocycles. The molecular weight excluding hydrogens is 220 g/mol. The lowest BCUT2D eigenvalue weighted by molar-refractivity contribution is -0.498. The number of hydrogen-bond acceptors (Lipinski definition) is 7. The van der Waals surface area contributed by atoms with Crippen molar-refractivity contribution in [1.82, 2.24) is 0 Å². The first-order valence-electron chi connectivity index (χ1n) is 4.91. The van der Waals surface area contributed by atoms with Crippen LogP contribution in [0.4, 0.5) is 0 Å². The van der Waals surface area contributed by atoms with Crippen molar-refractivity contribution in [3.63, 3.8) is 0 Å². The summed E-state index contributed by atoms with van der Waals surface area (Å²) in [6, 6.07) is 0. The van der Waals surface area contributed by atoms with Crippen molar-refractivity contribution in [3.05, 3.63) is 0 Å². The van der Waals surface area contributed by atoms with Gasteiger partial charge in [0.25, 0.3) is 0 Å². The maximum Gasteiger partial charge on any atom is 0.109 e. The van der Waals surface area contributed by atoms with E-state index in [1.165, 1.54) is 6.92 Å². The van der Waals surface area contributed by atoms with Gasteiger partial charge in [0.15, 0.2) is 0 Å². The highest BCUT2D eigenvalue weighted by Gasteiger charge is 2.41. The average molecular weight is 234 g/mol. The van der Waals surface area contributed by atoms with Crippen molar-refractivity contribution in [3.8, 4) is 0 Å². The van der Waals surface area contributed by atoms with Gasteiger partial charge in [-0.05, 0) is 19.6 Å². The van der Waals surface area contributed by atoms with Gasteiger partial charge in [0.1, 0.15) is 12.2 Å². The summed E-state index contributed by atoms with van der Waals surface area (Å²) in [6.07, 6.45) is -6.77. The Kier molecular flexibility index (Phi) is 4.22. The van der Waals surface area contributed by atoms with E-state index in [1.807, 2.05) is 0 Å². The Hall–Kier alpha value is -0.730. The fourth-order valence-electron chi connectivity index (χ4n) is 1.71. The number of aliphatic carboxylic acids is 1. The molecule has 1 aliphatic rings. The number of aliphatic hydroxyl groups excluding tert-OH is 3.